The molecule has 4 unspecified atom stereocenters. The van der Waals surface area contributed by atoms with Gasteiger partial charge in [-0.1, -0.05) is 54.4 Å². The van der Waals surface area contributed by atoms with E-state index in [1.54, 1.807) is 49.9 Å². The minimum Gasteiger partial charge on any atom is -0.460 e. The summed E-state index contributed by atoms with van der Waals surface area (Å²) in [7, 11) is 0. The van der Waals surface area contributed by atoms with Crippen LogP contribution in [0, 0.1) is 0 Å². The Balaban J connectivity index is 2.09. The molecule has 4 atom stereocenters. The van der Waals surface area contributed by atoms with Gasteiger partial charge in [-0.3, -0.25) is 9.59 Å². The number of hydrogen-bond donors (Lipinski definition) is 1. The van der Waals surface area contributed by atoms with Crippen LogP contribution in [0.5, 0.6) is 0 Å². The zero-order chi connectivity index (χ0) is 25.0. The number of ether oxygens (including phenoxy) is 2. The van der Waals surface area contributed by atoms with Crippen LogP contribution in [0.2, 0.25) is 10.0 Å². The van der Waals surface area contributed by atoms with Gasteiger partial charge in [-0.2, -0.15) is 0 Å². The first kappa shape index (κ1) is 26.5. The van der Waals surface area contributed by atoms with E-state index in [2.05, 4.69) is 0 Å². The Morgan fingerprint density at radius 1 is 1.12 bits per heavy atom. The molecule has 1 aliphatic rings. The molecule has 34 heavy (non-hydrogen) atoms. The first-order valence-corrected chi connectivity index (χ1v) is 12.1. The molecule has 2 aromatic rings. The molecule has 1 heterocycles. The summed E-state index contributed by atoms with van der Waals surface area (Å²) in [5.41, 5.74) is 0.862. The number of carbonyl (C=O) groups is 2. The Morgan fingerprint density at radius 3 is 2.35 bits per heavy atom. The second-order valence-corrected chi connectivity index (χ2v) is 10.3. The molecule has 0 aromatic heterocycles. The lowest BCUT2D eigenvalue weighted by Crippen LogP contribution is -2.56. The van der Waals surface area contributed by atoms with Crippen LogP contribution in [0.15, 0.2) is 48.5 Å². The van der Waals surface area contributed by atoms with Gasteiger partial charge in [-0.25, -0.2) is 0 Å². The van der Waals surface area contributed by atoms with Crippen molar-refractivity contribution in [3.63, 3.8) is 0 Å². The van der Waals surface area contributed by atoms with Crippen molar-refractivity contribution in [1.29, 1.82) is 0 Å². The number of esters is 1. The molecule has 0 bridgehead atoms. The lowest BCUT2D eigenvalue weighted by atomic mass is 9.89. The van der Waals surface area contributed by atoms with Crippen molar-refractivity contribution in [1.82, 2.24) is 4.90 Å². The Labute approximate surface area is 210 Å². The molecule has 1 aliphatic heterocycles. The number of hydrogen-bond acceptors (Lipinski definition) is 5. The van der Waals surface area contributed by atoms with Crippen molar-refractivity contribution < 1.29 is 24.2 Å². The molecule has 6 nitrogen and oxygen atoms in total. The van der Waals surface area contributed by atoms with E-state index in [1.807, 2.05) is 31.2 Å². The monoisotopic (exact) mass is 507 g/mol. The summed E-state index contributed by atoms with van der Waals surface area (Å²) in [5.74, 6) is -0.900. The molecule has 0 aliphatic carbocycles. The zero-order valence-electron chi connectivity index (χ0n) is 19.8. The number of aliphatic hydroxyl groups is 1. The van der Waals surface area contributed by atoms with Crippen molar-refractivity contribution in [3.05, 3.63) is 69.7 Å². The van der Waals surface area contributed by atoms with E-state index in [0.29, 0.717) is 16.5 Å². The van der Waals surface area contributed by atoms with Crippen molar-refractivity contribution in [2.24, 2.45) is 0 Å². The summed E-state index contributed by atoms with van der Waals surface area (Å²) in [6.07, 6.45) is -1.42. The third-order valence-corrected chi connectivity index (χ3v) is 6.15. The number of nitrogens with zero attached hydrogens (tertiary/aromatic N) is 1. The largest absolute Gasteiger partial charge is 0.460 e. The van der Waals surface area contributed by atoms with Crippen molar-refractivity contribution in [2.45, 2.75) is 70.4 Å². The van der Waals surface area contributed by atoms with Crippen LogP contribution in [0.25, 0.3) is 0 Å². The minimum atomic E-state index is -1.07. The van der Waals surface area contributed by atoms with Gasteiger partial charge in [0.05, 0.1) is 25.1 Å². The molecule has 1 amide bonds. The van der Waals surface area contributed by atoms with E-state index in [1.165, 1.54) is 0 Å². The maximum atomic E-state index is 13.7. The Morgan fingerprint density at radius 2 is 1.79 bits per heavy atom. The van der Waals surface area contributed by atoms with Crippen LogP contribution < -0.4 is 0 Å². The van der Waals surface area contributed by atoms with Crippen LogP contribution in [0.3, 0.4) is 0 Å². The van der Waals surface area contributed by atoms with Gasteiger partial charge in [0.1, 0.15) is 17.8 Å². The number of benzene rings is 2. The average molecular weight is 508 g/mol. The predicted octanol–water partition coefficient (Wildman–Crippen LogP) is 5.51. The van der Waals surface area contributed by atoms with E-state index in [0.717, 1.165) is 11.1 Å². The maximum Gasteiger partial charge on any atom is 0.309 e. The Hall–Kier alpha value is -2.12. The van der Waals surface area contributed by atoms with Gasteiger partial charge in [0.15, 0.2) is 0 Å². The topological polar surface area (TPSA) is 76.1 Å². The van der Waals surface area contributed by atoms with Crippen LogP contribution in [-0.2, 0) is 19.1 Å². The van der Waals surface area contributed by atoms with Gasteiger partial charge in [0.25, 0.3) is 5.91 Å². The number of morpholine rings is 1. The Kier molecular flexibility index (Phi) is 8.63. The van der Waals surface area contributed by atoms with E-state index < -0.39 is 35.9 Å². The van der Waals surface area contributed by atoms with E-state index in [4.69, 9.17) is 32.7 Å². The van der Waals surface area contributed by atoms with Crippen molar-refractivity contribution in [2.75, 3.05) is 6.61 Å². The molecule has 0 radical (unpaired) electrons. The molecule has 8 heteroatoms. The molecule has 1 N–H and O–H groups in total. The fourth-order valence-electron chi connectivity index (χ4n) is 4.19. The number of halogens is 2. The third kappa shape index (κ3) is 6.30. The standard InChI is InChI=1S/C26H31Cl2NO5/c1-5-20(15-30)29-23(16-9-11-18(27)12-10-16)24(17-7-6-8-19(28)13-17)33-21(25(29)32)14-22(31)34-26(2,3)4/h6-13,20-21,23-24,30H,5,14-15H2,1-4H3. The Bertz CT molecular complexity index is 1000. The molecular weight excluding hydrogens is 477 g/mol. The predicted molar refractivity (Wildman–Crippen MR) is 132 cm³/mol. The van der Waals surface area contributed by atoms with Crippen molar-refractivity contribution >= 4 is 35.1 Å². The summed E-state index contributed by atoms with van der Waals surface area (Å²) >= 11 is 12.4. The van der Waals surface area contributed by atoms with Gasteiger partial charge in [0.2, 0.25) is 0 Å². The highest BCUT2D eigenvalue weighted by molar-refractivity contribution is 6.30. The van der Waals surface area contributed by atoms with Gasteiger partial charge in [0, 0.05) is 10.0 Å². The molecule has 0 saturated carbocycles. The zero-order valence-corrected chi connectivity index (χ0v) is 21.3. The summed E-state index contributed by atoms with van der Waals surface area (Å²) in [6.45, 7) is 6.98. The molecule has 0 spiro atoms. The van der Waals surface area contributed by atoms with Gasteiger partial charge in [-0.15, -0.1) is 0 Å². The lowest BCUT2D eigenvalue weighted by Gasteiger charge is -2.47. The molecular formula is C26H31Cl2NO5. The smallest absolute Gasteiger partial charge is 0.309 e. The fraction of sp³-hybridized carbons (Fsp3) is 0.462. The number of aliphatic hydroxyl groups excluding tert-OH is 1. The first-order valence-electron chi connectivity index (χ1n) is 11.3. The number of amides is 1. The molecule has 184 valence electrons. The summed E-state index contributed by atoms with van der Waals surface area (Å²) in [5, 5.41) is 11.2. The highest BCUT2D eigenvalue weighted by atomic mass is 35.5. The number of rotatable bonds is 7. The lowest BCUT2D eigenvalue weighted by molar-refractivity contribution is -0.188. The van der Waals surface area contributed by atoms with E-state index >= 15 is 0 Å². The fourth-order valence-corrected chi connectivity index (χ4v) is 4.51. The average Bonchev–Trinajstić information content (AvgIpc) is 2.76. The van der Waals surface area contributed by atoms with Gasteiger partial charge in [-0.05, 0) is 62.6 Å². The van der Waals surface area contributed by atoms with Crippen LogP contribution in [0.1, 0.15) is 63.8 Å². The quantitative estimate of drug-likeness (QED) is 0.500. The van der Waals surface area contributed by atoms with Crippen LogP contribution in [-0.4, -0.2) is 46.2 Å². The first-order chi connectivity index (χ1) is 16.0. The van der Waals surface area contributed by atoms with Crippen LogP contribution >= 0.6 is 23.2 Å². The third-order valence-electron chi connectivity index (χ3n) is 5.66. The summed E-state index contributed by atoms with van der Waals surface area (Å²) in [6, 6.07) is 13.4. The molecule has 1 fully saturated rings. The second-order valence-electron chi connectivity index (χ2n) is 9.38. The normalized spacial score (nSPS) is 21.9. The van der Waals surface area contributed by atoms with E-state index in [9.17, 15) is 14.7 Å². The van der Waals surface area contributed by atoms with Gasteiger partial charge < -0.3 is 19.5 Å². The van der Waals surface area contributed by atoms with Crippen molar-refractivity contribution in [3.8, 4) is 0 Å². The second kappa shape index (κ2) is 11.1. The molecule has 1 saturated heterocycles. The van der Waals surface area contributed by atoms with E-state index in [-0.39, 0.29) is 18.9 Å². The SMILES string of the molecule is CCC(CO)N1C(=O)C(CC(=O)OC(C)(C)C)OC(c2cccc(Cl)c2)C1c1ccc(Cl)cc1. The number of carbonyl (C=O) groups excluding carboxylic acids is 2. The highest BCUT2D eigenvalue weighted by Crippen LogP contribution is 2.44. The summed E-state index contributed by atoms with van der Waals surface area (Å²) < 4.78 is 11.8. The molecule has 3 rings (SSSR count). The maximum absolute atomic E-state index is 13.7. The highest BCUT2D eigenvalue weighted by Gasteiger charge is 2.47. The minimum absolute atomic E-state index is 0.228. The van der Waals surface area contributed by atoms with Gasteiger partial charge >= 0.3 is 5.97 Å². The van der Waals surface area contributed by atoms with Crippen LogP contribution in [0.4, 0.5) is 0 Å². The summed E-state index contributed by atoms with van der Waals surface area (Å²) in [4.78, 5) is 28.0. The molecule has 2 aromatic carbocycles.